The first-order valence-corrected chi connectivity index (χ1v) is 7.80. The molecule has 19 heavy (non-hydrogen) atoms. The van der Waals surface area contributed by atoms with Gasteiger partial charge >= 0.3 is 0 Å². The summed E-state index contributed by atoms with van der Waals surface area (Å²) in [6, 6.07) is 9.29. The van der Waals surface area contributed by atoms with Gasteiger partial charge in [-0.3, -0.25) is 0 Å². The van der Waals surface area contributed by atoms with Gasteiger partial charge in [-0.05, 0) is 5.56 Å². The van der Waals surface area contributed by atoms with Gasteiger partial charge in [0.1, 0.15) is 5.75 Å². The average Bonchev–Trinajstić information content (AvgIpc) is 2.75. The summed E-state index contributed by atoms with van der Waals surface area (Å²) in [6.45, 7) is 0. The molecule has 1 aromatic carbocycles. The van der Waals surface area contributed by atoms with Crippen molar-refractivity contribution in [1.29, 1.82) is 0 Å². The maximum absolute atomic E-state index is 11.1. The van der Waals surface area contributed by atoms with Crippen LogP contribution < -0.4 is 5.73 Å². The molecule has 0 bridgehead atoms. The first-order valence-electron chi connectivity index (χ1n) is 5.74. The molecule has 1 heterocycles. The van der Waals surface area contributed by atoms with E-state index in [1.54, 1.807) is 0 Å². The Labute approximate surface area is 111 Å². The fourth-order valence-corrected chi connectivity index (χ4v) is 2.26. The molecule has 0 aliphatic rings. The third-order valence-corrected chi connectivity index (χ3v) is 3.31. The average molecular weight is 281 g/mol. The van der Waals surface area contributed by atoms with E-state index in [9.17, 15) is 8.42 Å². The van der Waals surface area contributed by atoms with Gasteiger partial charge in [0.15, 0.2) is 15.7 Å². The van der Waals surface area contributed by atoms with Crippen LogP contribution in [0, 0.1) is 0 Å². The molecule has 102 valence electrons. The summed E-state index contributed by atoms with van der Waals surface area (Å²) in [5, 5.41) is 3.63. The summed E-state index contributed by atoms with van der Waals surface area (Å²) in [7, 11) is -3.16. The Kier molecular flexibility index (Phi) is 3.96. The van der Waals surface area contributed by atoms with Crippen LogP contribution >= 0.6 is 0 Å². The molecule has 0 spiro atoms. The molecule has 6 nitrogen and oxygen atoms in total. The van der Waals surface area contributed by atoms with E-state index in [4.69, 9.17) is 10.3 Å². The third kappa shape index (κ3) is 4.15. The van der Waals surface area contributed by atoms with Gasteiger partial charge in [-0.15, -0.1) is 0 Å². The number of sulfone groups is 1. The monoisotopic (exact) mass is 281 g/mol. The molecule has 7 heteroatoms. The fraction of sp³-hybridized carbons (Fsp3) is 0.333. The van der Waals surface area contributed by atoms with Crippen LogP contribution in [0.15, 0.2) is 34.9 Å². The molecule has 2 aromatic rings. The minimum Gasteiger partial charge on any atom is -0.339 e. The van der Waals surface area contributed by atoms with E-state index in [-0.39, 0.29) is 17.6 Å². The second-order valence-corrected chi connectivity index (χ2v) is 6.54. The Morgan fingerprint density at radius 2 is 2.00 bits per heavy atom. The Hall–Kier alpha value is -1.73. The minimum absolute atomic E-state index is 0.165. The van der Waals surface area contributed by atoms with Crippen molar-refractivity contribution in [2.45, 2.75) is 18.2 Å². The molecular formula is C12H15N3O3S. The molecule has 0 aliphatic carbocycles. The molecule has 2 N–H and O–H groups in total. The lowest BCUT2D eigenvalue weighted by Gasteiger charge is -2.08. The summed E-state index contributed by atoms with van der Waals surface area (Å²) < 4.78 is 27.2. The number of benzene rings is 1. The molecule has 0 radical (unpaired) electrons. The molecule has 1 atom stereocenters. The van der Waals surface area contributed by atoms with Crippen LogP contribution in [0.3, 0.4) is 0 Å². The molecule has 0 aliphatic heterocycles. The van der Waals surface area contributed by atoms with Crippen LogP contribution in [0.1, 0.15) is 23.3 Å². The smallest absolute Gasteiger partial charge is 0.228 e. The lowest BCUT2D eigenvalue weighted by molar-refractivity contribution is 0.366. The van der Waals surface area contributed by atoms with Crippen LogP contribution in [-0.2, 0) is 22.0 Å². The second kappa shape index (κ2) is 5.50. The number of rotatable bonds is 5. The van der Waals surface area contributed by atoms with Gasteiger partial charge in [-0.1, -0.05) is 35.5 Å². The van der Waals surface area contributed by atoms with E-state index in [1.807, 2.05) is 30.3 Å². The van der Waals surface area contributed by atoms with E-state index in [0.717, 1.165) is 11.8 Å². The quantitative estimate of drug-likeness (QED) is 0.872. The van der Waals surface area contributed by atoms with Crippen LogP contribution in [-0.4, -0.2) is 24.8 Å². The van der Waals surface area contributed by atoms with E-state index >= 15 is 0 Å². The van der Waals surface area contributed by atoms with Crippen molar-refractivity contribution >= 4 is 9.84 Å². The Balaban J connectivity index is 2.04. The van der Waals surface area contributed by atoms with Crippen molar-refractivity contribution in [3.8, 4) is 0 Å². The largest absolute Gasteiger partial charge is 0.339 e. The van der Waals surface area contributed by atoms with E-state index in [1.165, 1.54) is 0 Å². The number of hydrogen-bond acceptors (Lipinski definition) is 6. The van der Waals surface area contributed by atoms with Crippen molar-refractivity contribution in [3.05, 3.63) is 47.6 Å². The Bertz CT molecular complexity index is 637. The highest BCUT2D eigenvalue weighted by molar-refractivity contribution is 7.89. The van der Waals surface area contributed by atoms with Crippen molar-refractivity contribution in [2.24, 2.45) is 5.73 Å². The maximum atomic E-state index is 11.1. The predicted molar refractivity (Wildman–Crippen MR) is 69.9 cm³/mol. The summed E-state index contributed by atoms with van der Waals surface area (Å²) in [5.74, 6) is 0.282. The van der Waals surface area contributed by atoms with E-state index < -0.39 is 9.84 Å². The molecule has 0 amide bonds. The maximum Gasteiger partial charge on any atom is 0.228 e. The van der Waals surface area contributed by atoms with Crippen molar-refractivity contribution in [3.63, 3.8) is 0 Å². The molecule has 2 rings (SSSR count). The van der Waals surface area contributed by atoms with Gasteiger partial charge < -0.3 is 10.3 Å². The van der Waals surface area contributed by atoms with Gasteiger partial charge in [-0.25, -0.2) is 8.42 Å². The van der Waals surface area contributed by atoms with Crippen molar-refractivity contribution in [1.82, 2.24) is 10.1 Å². The molecule has 0 saturated heterocycles. The Morgan fingerprint density at radius 1 is 1.32 bits per heavy atom. The lowest BCUT2D eigenvalue weighted by atomic mass is 10.1. The molecule has 1 aromatic heterocycles. The highest BCUT2D eigenvalue weighted by Crippen LogP contribution is 2.14. The Morgan fingerprint density at radius 3 is 2.63 bits per heavy atom. The van der Waals surface area contributed by atoms with Gasteiger partial charge in [0.2, 0.25) is 5.89 Å². The third-order valence-electron chi connectivity index (χ3n) is 2.52. The zero-order valence-electron chi connectivity index (χ0n) is 10.5. The summed E-state index contributed by atoms with van der Waals surface area (Å²) >= 11 is 0. The van der Waals surface area contributed by atoms with Crippen molar-refractivity contribution < 1.29 is 12.9 Å². The first kappa shape index (κ1) is 13.7. The first-order chi connectivity index (χ1) is 8.94. The highest BCUT2D eigenvalue weighted by Gasteiger charge is 2.15. The van der Waals surface area contributed by atoms with Gasteiger partial charge in [0, 0.05) is 18.7 Å². The van der Waals surface area contributed by atoms with Crippen LogP contribution in [0.2, 0.25) is 0 Å². The standard InChI is InChI=1S/C12H15N3O3S/c1-19(16,17)8-11-14-12(18-15-11)7-10(13)9-5-3-2-4-6-9/h2-6,10H,7-8,13H2,1H3. The van der Waals surface area contributed by atoms with Crippen LogP contribution in [0.4, 0.5) is 0 Å². The SMILES string of the molecule is CS(=O)(=O)Cc1noc(CC(N)c2ccccc2)n1. The summed E-state index contributed by atoms with van der Waals surface area (Å²) in [4.78, 5) is 4.02. The highest BCUT2D eigenvalue weighted by atomic mass is 32.2. The fourth-order valence-electron chi connectivity index (χ4n) is 1.67. The predicted octanol–water partition coefficient (Wildman–Crippen LogP) is 0.857. The zero-order chi connectivity index (χ0) is 13.9. The number of nitrogens with two attached hydrogens (primary N) is 1. The van der Waals surface area contributed by atoms with Crippen LogP contribution in [0.5, 0.6) is 0 Å². The zero-order valence-corrected chi connectivity index (χ0v) is 11.3. The molecule has 0 fully saturated rings. The van der Waals surface area contributed by atoms with Crippen LogP contribution in [0.25, 0.3) is 0 Å². The van der Waals surface area contributed by atoms with Gasteiger partial charge in [-0.2, -0.15) is 4.98 Å². The number of aromatic nitrogens is 2. The summed E-state index contributed by atoms with van der Waals surface area (Å²) in [6.07, 6.45) is 1.50. The normalized spacial score (nSPS) is 13.4. The number of hydrogen-bond donors (Lipinski definition) is 1. The second-order valence-electron chi connectivity index (χ2n) is 4.40. The summed E-state index contributed by atoms with van der Waals surface area (Å²) in [5.41, 5.74) is 6.98. The lowest BCUT2D eigenvalue weighted by Crippen LogP contribution is -2.13. The molecule has 0 saturated carbocycles. The van der Waals surface area contributed by atoms with Gasteiger partial charge in [0.25, 0.3) is 0 Å². The van der Waals surface area contributed by atoms with Gasteiger partial charge in [0.05, 0.1) is 0 Å². The minimum atomic E-state index is -3.16. The van der Waals surface area contributed by atoms with Crippen molar-refractivity contribution in [2.75, 3.05) is 6.26 Å². The number of nitrogens with zero attached hydrogens (tertiary/aromatic N) is 2. The van der Waals surface area contributed by atoms with E-state index in [0.29, 0.717) is 12.3 Å². The molecule has 1 unspecified atom stereocenters. The topological polar surface area (TPSA) is 99.1 Å². The van der Waals surface area contributed by atoms with E-state index in [2.05, 4.69) is 10.1 Å². The molecular weight excluding hydrogens is 266 g/mol.